The zero-order valence-electron chi connectivity index (χ0n) is 11.9. The monoisotopic (exact) mass is 308 g/mol. The van der Waals surface area contributed by atoms with Gasteiger partial charge < -0.3 is 25.1 Å². The fourth-order valence-corrected chi connectivity index (χ4v) is 2.92. The number of phenolic OH excluding ortho intramolecular Hbond substituents is 1. The van der Waals surface area contributed by atoms with Crippen molar-refractivity contribution in [3.63, 3.8) is 0 Å². The predicted molar refractivity (Wildman–Crippen MR) is 80.0 cm³/mol. The molecule has 0 saturated carbocycles. The average Bonchev–Trinajstić information content (AvgIpc) is 3.01. The van der Waals surface area contributed by atoms with Gasteiger partial charge in [0.25, 0.3) is 0 Å². The average molecular weight is 308 g/mol. The maximum Gasteiger partial charge on any atom is 0.231 e. The van der Waals surface area contributed by atoms with Crippen LogP contribution in [0.4, 0.5) is 0 Å². The molecule has 3 N–H and O–H groups in total. The van der Waals surface area contributed by atoms with E-state index in [4.69, 9.17) is 19.9 Å². The van der Waals surface area contributed by atoms with E-state index in [-0.39, 0.29) is 24.0 Å². The van der Waals surface area contributed by atoms with Crippen LogP contribution in [0.1, 0.15) is 17.0 Å². The van der Waals surface area contributed by atoms with Crippen LogP contribution in [0.5, 0.6) is 23.0 Å². The number of hydrogen-bond donors (Lipinski definition) is 2. The van der Waals surface area contributed by atoms with Crippen molar-refractivity contribution in [1.82, 2.24) is 0 Å². The Kier molecular flexibility index (Phi) is 2.81. The maximum atomic E-state index is 10.3. The molecule has 0 radical (unpaired) electrons. The molecule has 4 rings (SSSR count). The van der Waals surface area contributed by atoms with Crippen molar-refractivity contribution in [2.75, 3.05) is 6.79 Å². The van der Waals surface area contributed by atoms with Gasteiger partial charge in [0.05, 0.1) is 5.92 Å². The van der Waals surface area contributed by atoms with Crippen molar-refractivity contribution in [3.8, 4) is 29.1 Å². The van der Waals surface area contributed by atoms with Crippen LogP contribution in [0.25, 0.3) is 0 Å². The Morgan fingerprint density at radius 1 is 1.13 bits per heavy atom. The van der Waals surface area contributed by atoms with Crippen molar-refractivity contribution < 1.29 is 19.3 Å². The summed E-state index contributed by atoms with van der Waals surface area (Å²) in [6.45, 7) is 0.164. The molecule has 1 unspecified atom stereocenters. The molecule has 6 nitrogen and oxygen atoms in total. The molecule has 0 fully saturated rings. The minimum atomic E-state index is -0.528. The zero-order chi connectivity index (χ0) is 16.0. The van der Waals surface area contributed by atoms with E-state index in [1.54, 1.807) is 30.3 Å². The Morgan fingerprint density at radius 3 is 2.78 bits per heavy atom. The van der Waals surface area contributed by atoms with E-state index in [0.717, 1.165) is 5.56 Å². The number of allylic oxidation sites excluding steroid dienone is 1. The third kappa shape index (κ3) is 1.94. The highest BCUT2D eigenvalue weighted by molar-refractivity contribution is 5.61. The van der Waals surface area contributed by atoms with Gasteiger partial charge in [-0.2, -0.15) is 5.26 Å². The molecule has 0 amide bonds. The summed E-state index contributed by atoms with van der Waals surface area (Å²) >= 11 is 0. The van der Waals surface area contributed by atoms with Gasteiger partial charge in [0, 0.05) is 5.56 Å². The molecular weight excluding hydrogens is 296 g/mol. The molecule has 0 aliphatic carbocycles. The molecule has 0 aromatic heterocycles. The molecule has 2 aliphatic rings. The third-order valence-corrected chi connectivity index (χ3v) is 3.96. The first-order valence-electron chi connectivity index (χ1n) is 6.98. The van der Waals surface area contributed by atoms with Crippen molar-refractivity contribution in [2.24, 2.45) is 5.73 Å². The molecule has 0 spiro atoms. The summed E-state index contributed by atoms with van der Waals surface area (Å²) in [5.74, 6) is 1.23. The Labute approximate surface area is 131 Å². The third-order valence-electron chi connectivity index (χ3n) is 3.96. The minimum Gasteiger partial charge on any atom is -0.507 e. The van der Waals surface area contributed by atoms with E-state index in [2.05, 4.69) is 6.07 Å². The summed E-state index contributed by atoms with van der Waals surface area (Å²) in [6, 6.07) is 12.4. The van der Waals surface area contributed by atoms with Gasteiger partial charge in [-0.15, -0.1) is 0 Å². The Morgan fingerprint density at radius 2 is 1.96 bits per heavy atom. The normalized spacial score (nSPS) is 18.1. The van der Waals surface area contributed by atoms with E-state index in [1.165, 1.54) is 0 Å². The van der Waals surface area contributed by atoms with Gasteiger partial charge >= 0.3 is 0 Å². The lowest BCUT2D eigenvalue weighted by molar-refractivity contribution is 0.174. The first-order valence-corrected chi connectivity index (χ1v) is 6.98. The van der Waals surface area contributed by atoms with Gasteiger partial charge in [0.1, 0.15) is 23.1 Å². The first-order chi connectivity index (χ1) is 11.2. The van der Waals surface area contributed by atoms with E-state index in [1.807, 2.05) is 6.07 Å². The number of ether oxygens (including phenoxy) is 3. The molecule has 1 atom stereocenters. The number of phenols is 1. The highest BCUT2D eigenvalue weighted by Gasteiger charge is 2.33. The van der Waals surface area contributed by atoms with E-state index < -0.39 is 5.92 Å². The largest absolute Gasteiger partial charge is 0.507 e. The maximum absolute atomic E-state index is 10.3. The summed E-state index contributed by atoms with van der Waals surface area (Å²) < 4.78 is 16.2. The van der Waals surface area contributed by atoms with E-state index in [9.17, 15) is 10.4 Å². The van der Waals surface area contributed by atoms with Crippen LogP contribution >= 0.6 is 0 Å². The fraction of sp³-hybridized carbons (Fsp3) is 0.118. The number of nitrogens with zero attached hydrogens (tertiary/aromatic N) is 1. The second-order valence-corrected chi connectivity index (χ2v) is 5.23. The standard InChI is InChI=1S/C17H12N2O4/c18-7-10-15(9-4-5-12-14(6-9)22-8-21-12)16-11(20)2-1-3-13(16)23-17(10)19/h1-6,15,20H,8,19H2. The molecular formula is C17H12N2O4. The number of aromatic hydroxyl groups is 1. The van der Waals surface area contributed by atoms with Gasteiger partial charge in [0.15, 0.2) is 11.5 Å². The lowest BCUT2D eigenvalue weighted by Gasteiger charge is -2.27. The van der Waals surface area contributed by atoms with Crippen LogP contribution < -0.4 is 19.9 Å². The van der Waals surface area contributed by atoms with Gasteiger partial charge in [-0.25, -0.2) is 0 Å². The zero-order valence-corrected chi connectivity index (χ0v) is 11.9. The molecule has 2 aromatic carbocycles. The van der Waals surface area contributed by atoms with Crippen LogP contribution in [0.15, 0.2) is 47.9 Å². The molecule has 23 heavy (non-hydrogen) atoms. The SMILES string of the molecule is N#CC1=C(N)Oc2cccc(O)c2C1c1ccc2c(c1)OCO2. The van der Waals surface area contributed by atoms with E-state index in [0.29, 0.717) is 22.8 Å². The summed E-state index contributed by atoms with van der Waals surface area (Å²) in [5.41, 5.74) is 7.42. The minimum absolute atomic E-state index is 0.0354. The quantitative estimate of drug-likeness (QED) is 0.839. The Balaban J connectivity index is 1.94. The van der Waals surface area contributed by atoms with Gasteiger partial charge in [-0.1, -0.05) is 12.1 Å². The molecule has 2 aliphatic heterocycles. The number of fused-ring (bicyclic) bond motifs is 2. The predicted octanol–water partition coefficient (Wildman–Crippen LogP) is 2.34. The fourth-order valence-electron chi connectivity index (χ4n) is 2.92. The van der Waals surface area contributed by atoms with Gasteiger partial charge in [-0.05, 0) is 29.8 Å². The second kappa shape index (κ2) is 4.85. The van der Waals surface area contributed by atoms with Crippen LogP contribution in [0.3, 0.4) is 0 Å². The second-order valence-electron chi connectivity index (χ2n) is 5.23. The van der Waals surface area contributed by atoms with Crippen molar-refractivity contribution in [1.29, 1.82) is 5.26 Å². The lowest BCUT2D eigenvalue weighted by Crippen LogP contribution is -2.21. The summed E-state index contributed by atoms with van der Waals surface area (Å²) in [4.78, 5) is 0. The molecule has 0 bridgehead atoms. The Bertz CT molecular complexity index is 883. The number of hydrogen-bond acceptors (Lipinski definition) is 6. The first kappa shape index (κ1) is 13.3. The van der Waals surface area contributed by atoms with Crippen molar-refractivity contribution in [2.45, 2.75) is 5.92 Å². The molecule has 2 heterocycles. The summed E-state index contributed by atoms with van der Waals surface area (Å²) in [7, 11) is 0. The van der Waals surface area contributed by atoms with Crippen molar-refractivity contribution in [3.05, 3.63) is 59.0 Å². The van der Waals surface area contributed by atoms with Crippen LogP contribution in [-0.4, -0.2) is 11.9 Å². The highest BCUT2D eigenvalue weighted by atomic mass is 16.7. The summed E-state index contributed by atoms with van der Waals surface area (Å²) in [5, 5.41) is 19.8. The number of benzene rings is 2. The number of nitriles is 1. The lowest BCUT2D eigenvalue weighted by atomic mass is 9.83. The van der Waals surface area contributed by atoms with Crippen LogP contribution in [-0.2, 0) is 0 Å². The molecule has 0 saturated heterocycles. The topological polar surface area (TPSA) is 97.7 Å². The van der Waals surface area contributed by atoms with Gasteiger partial charge in [-0.3, -0.25) is 0 Å². The molecule has 114 valence electrons. The molecule has 2 aromatic rings. The smallest absolute Gasteiger partial charge is 0.231 e. The highest BCUT2D eigenvalue weighted by Crippen LogP contribution is 2.47. The summed E-state index contributed by atoms with van der Waals surface area (Å²) in [6.07, 6.45) is 0. The molecule has 6 heteroatoms. The van der Waals surface area contributed by atoms with Crippen LogP contribution in [0.2, 0.25) is 0 Å². The Hall–Kier alpha value is -3.33. The van der Waals surface area contributed by atoms with Crippen molar-refractivity contribution >= 4 is 0 Å². The van der Waals surface area contributed by atoms with Gasteiger partial charge in [0.2, 0.25) is 12.7 Å². The van der Waals surface area contributed by atoms with Crippen LogP contribution in [0, 0.1) is 11.3 Å². The van der Waals surface area contributed by atoms with E-state index >= 15 is 0 Å². The number of nitrogens with two attached hydrogens (primary N) is 1. The number of rotatable bonds is 1.